The summed E-state index contributed by atoms with van der Waals surface area (Å²) in [4.78, 5) is 4.11. The van der Waals surface area contributed by atoms with Crippen molar-refractivity contribution in [1.29, 1.82) is 5.26 Å². The second-order valence-corrected chi connectivity index (χ2v) is 4.75. The van der Waals surface area contributed by atoms with Crippen LogP contribution in [0, 0.1) is 11.3 Å². The maximum Gasteiger partial charge on any atom is 0.223 e. The molecular formula is C15H9ClN4O. The van der Waals surface area contributed by atoms with Gasteiger partial charge in [0.15, 0.2) is 5.82 Å². The number of hydrogen-bond donors (Lipinski definition) is 1. The SMILES string of the molecule is N#Cc1ccc(-c2cnn(-c3ccc(Cl)cn3)c2O)cc1. The lowest BCUT2D eigenvalue weighted by molar-refractivity contribution is 0.433. The van der Waals surface area contributed by atoms with Gasteiger partial charge in [0.25, 0.3) is 0 Å². The lowest BCUT2D eigenvalue weighted by Crippen LogP contribution is -1.97. The highest BCUT2D eigenvalue weighted by Gasteiger charge is 2.13. The molecule has 1 aromatic carbocycles. The molecule has 0 amide bonds. The second-order valence-electron chi connectivity index (χ2n) is 4.32. The summed E-state index contributed by atoms with van der Waals surface area (Å²) >= 11 is 5.79. The third-order valence-corrected chi connectivity index (χ3v) is 3.22. The minimum Gasteiger partial charge on any atom is -0.493 e. The number of rotatable bonds is 2. The maximum absolute atomic E-state index is 10.3. The van der Waals surface area contributed by atoms with E-state index in [1.807, 2.05) is 0 Å². The Bertz CT molecular complexity index is 816. The third kappa shape index (κ3) is 2.45. The highest BCUT2D eigenvalue weighted by molar-refractivity contribution is 6.30. The van der Waals surface area contributed by atoms with Crippen LogP contribution < -0.4 is 0 Å². The van der Waals surface area contributed by atoms with Crippen molar-refractivity contribution in [3.8, 4) is 28.9 Å². The molecule has 3 aromatic rings. The first kappa shape index (κ1) is 13.2. The quantitative estimate of drug-likeness (QED) is 0.788. The minimum absolute atomic E-state index is 0.0190. The molecule has 0 unspecified atom stereocenters. The highest BCUT2D eigenvalue weighted by Crippen LogP contribution is 2.30. The van der Waals surface area contributed by atoms with E-state index in [-0.39, 0.29) is 5.88 Å². The Morgan fingerprint density at radius 1 is 1.10 bits per heavy atom. The third-order valence-electron chi connectivity index (χ3n) is 3.00. The maximum atomic E-state index is 10.3. The number of benzene rings is 1. The van der Waals surface area contributed by atoms with E-state index in [9.17, 15) is 5.11 Å². The van der Waals surface area contributed by atoms with Gasteiger partial charge in [-0.05, 0) is 29.8 Å². The molecule has 6 heteroatoms. The first-order valence-corrected chi connectivity index (χ1v) is 6.46. The molecule has 0 atom stereocenters. The fourth-order valence-corrected chi connectivity index (χ4v) is 2.04. The Kier molecular flexibility index (Phi) is 3.30. The molecule has 21 heavy (non-hydrogen) atoms. The molecule has 3 rings (SSSR count). The van der Waals surface area contributed by atoms with Crippen LogP contribution in [0.25, 0.3) is 16.9 Å². The average molecular weight is 297 g/mol. The average Bonchev–Trinajstić information content (AvgIpc) is 2.90. The zero-order chi connectivity index (χ0) is 14.8. The molecule has 0 fully saturated rings. The van der Waals surface area contributed by atoms with Crippen LogP contribution in [0.15, 0.2) is 48.8 Å². The molecule has 5 nitrogen and oxygen atoms in total. The number of aromatic nitrogens is 3. The van der Waals surface area contributed by atoms with Crippen LogP contribution in [0.1, 0.15) is 5.56 Å². The van der Waals surface area contributed by atoms with Crippen molar-refractivity contribution in [3.05, 3.63) is 59.4 Å². The molecule has 0 saturated heterocycles. The molecule has 0 spiro atoms. The predicted molar refractivity (Wildman–Crippen MR) is 78.2 cm³/mol. The standard InChI is InChI=1S/C15H9ClN4O/c16-12-5-6-14(18-8-12)20-15(21)13(9-19-20)11-3-1-10(7-17)2-4-11/h1-6,8-9,21H. The van der Waals surface area contributed by atoms with Crippen molar-refractivity contribution in [2.24, 2.45) is 0 Å². The van der Waals surface area contributed by atoms with Crippen molar-refractivity contribution < 1.29 is 5.11 Å². The zero-order valence-corrected chi connectivity index (χ0v) is 11.5. The Labute approximate surface area is 125 Å². The Hall–Kier alpha value is -2.84. The molecular weight excluding hydrogens is 288 g/mol. The van der Waals surface area contributed by atoms with Gasteiger partial charge in [-0.1, -0.05) is 23.7 Å². The van der Waals surface area contributed by atoms with Crippen molar-refractivity contribution >= 4 is 11.6 Å². The fraction of sp³-hybridized carbons (Fsp3) is 0. The summed E-state index contributed by atoms with van der Waals surface area (Å²) in [6, 6.07) is 12.3. The van der Waals surface area contributed by atoms with Gasteiger partial charge >= 0.3 is 0 Å². The van der Waals surface area contributed by atoms with Crippen molar-refractivity contribution in [1.82, 2.24) is 14.8 Å². The summed E-state index contributed by atoms with van der Waals surface area (Å²) in [6.07, 6.45) is 3.03. The van der Waals surface area contributed by atoms with E-state index in [1.165, 1.54) is 10.9 Å². The lowest BCUT2D eigenvalue weighted by atomic mass is 10.1. The van der Waals surface area contributed by atoms with Gasteiger partial charge in [-0.2, -0.15) is 15.0 Å². The fourth-order valence-electron chi connectivity index (χ4n) is 1.93. The molecule has 0 radical (unpaired) electrons. The summed E-state index contributed by atoms with van der Waals surface area (Å²) in [5.74, 6) is 0.450. The molecule has 2 aromatic heterocycles. The van der Waals surface area contributed by atoms with Crippen LogP contribution in [0.5, 0.6) is 5.88 Å². The van der Waals surface area contributed by atoms with Crippen molar-refractivity contribution in [3.63, 3.8) is 0 Å². The van der Waals surface area contributed by atoms with Gasteiger partial charge in [-0.15, -0.1) is 0 Å². The summed E-state index contributed by atoms with van der Waals surface area (Å²) in [7, 11) is 0. The summed E-state index contributed by atoms with van der Waals surface area (Å²) in [5.41, 5.74) is 1.90. The first-order valence-electron chi connectivity index (χ1n) is 6.08. The molecule has 0 aliphatic heterocycles. The largest absolute Gasteiger partial charge is 0.493 e. The van der Waals surface area contributed by atoms with E-state index < -0.39 is 0 Å². The Balaban J connectivity index is 2.02. The summed E-state index contributed by atoms with van der Waals surface area (Å²) in [6.45, 7) is 0. The summed E-state index contributed by atoms with van der Waals surface area (Å²) < 4.78 is 1.32. The number of pyridine rings is 1. The van der Waals surface area contributed by atoms with Crippen LogP contribution >= 0.6 is 11.6 Å². The second kappa shape index (κ2) is 5.27. The smallest absolute Gasteiger partial charge is 0.223 e. The molecule has 0 saturated carbocycles. The zero-order valence-electron chi connectivity index (χ0n) is 10.7. The summed E-state index contributed by atoms with van der Waals surface area (Å²) in [5, 5.41) is 23.7. The molecule has 102 valence electrons. The molecule has 0 aliphatic rings. The number of aromatic hydroxyl groups is 1. The van der Waals surface area contributed by atoms with Gasteiger partial charge in [-0.3, -0.25) is 0 Å². The topological polar surface area (TPSA) is 74.7 Å². The van der Waals surface area contributed by atoms with Crippen LogP contribution in [0.4, 0.5) is 0 Å². The minimum atomic E-state index is -0.0190. The van der Waals surface area contributed by atoms with Crippen LogP contribution in [0.3, 0.4) is 0 Å². The normalized spacial score (nSPS) is 10.3. The highest BCUT2D eigenvalue weighted by atomic mass is 35.5. The van der Waals surface area contributed by atoms with Gasteiger partial charge in [0.2, 0.25) is 5.88 Å². The van der Waals surface area contributed by atoms with Gasteiger partial charge in [-0.25, -0.2) is 4.98 Å². The van der Waals surface area contributed by atoms with Gasteiger partial charge in [0.05, 0.1) is 28.4 Å². The number of nitrogens with zero attached hydrogens (tertiary/aromatic N) is 4. The van der Waals surface area contributed by atoms with Gasteiger partial charge in [0, 0.05) is 6.20 Å². The van der Waals surface area contributed by atoms with E-state index in [2.05, 4.69) is 16.2 Å². The Morgan fingerprint density at radius 3 is 2.48 bits per heavy atom. The lowest BCUT2D eigenvalue weighted by Gasteiger charge is -2.03. The van der Waals surface area contributed by atoms with Crippen molar-refractivity contribution in [2.45, 2.75) is 0 Å². The molecule has 0 bridgehead atoms. The molecule has 2 heterocycles. The predicted octanol–water partition coefficient (Wildman–Crippen LogP) is 3.16. The van der Waals surface area contributed by atoms with E-state index >= 15 is 0 Å². The van der Waals surface area contributed by atoms with Crippen LogP contribution in [0.2, 0.25) is 5.02 Å². The van der Waals surface area contributed by atoms with Crippen LogP contribution in [-0.4, -0.2) is 19.9 Å². The van der Waals surface area contributed by atoms with E-state index in [4.69, 9.17) is 16.9 Å². The van der Waals surface area contributed by atoms with E-state index in [1.54, 1.807) is 42.6 Å². The van der Waals surface area contributed by atoms with Crippen molar-refractivity contribution in [2.75, 3.05) is 0 Å². The number of halogens is 1. The van der Waals surface area contributed by atoms with Gasteiger partial charge < -0.3 is 5.11 Å². The van der Waals surface area contributed by atoms with E-state index in [0.717, 1.165) is 5.56 Å². The van der Waals surface area contributed by atoms with E-state index in [0.29, 0.717) is 22.0 Å². The number of nitriles is 1. The number of hydrogen-bond acceptors (Lipinski definition) is 4. The van der Waals surface area contributed by atoms with Gasteiger partial charge in [0.1, 0.15) is 0 Å². The molecule has 1 N–H and O–H groups in total. The Morgan fingerprint density at radius 2 is 1.86 bits per heavy atom. The first-order chi connectivity index (χ1) is 10.2. The molecule has 0 aliphatic carbocycles. The van der Waals surface area contributed by atoms with Crippen LogP contribution in [-0.2, 0) is 0 Å². The monoisotopic (exact) mass is 296 g/mol.